The molecule has 1 fully saturated rings. The van der Waals surface area contributed by atoms with Gasteiger partial charge in [0.15, 0.2) is 11.0 Å². The summed E-state index contributed by atoms with van der Waals surface area (Å²) in [5.74, 6) is -0.764. The summed E-state index contributed by atoms with van der Waals surface area (Å²) in [5.41, 5.74) is -0.952. The zero-order chi connectivity index (χ0) is 25.2. The standard InChI is InChI=1S/C21H27ClFN5O5S/c1-7-11-15-10(2)32-18-12-14(13(23)16(22)25-18)24-19(34(6,30)31)26-17(12)28(15)9-8-27(11)20(29)33-21(3,4)5/h10-11,15H,7-9H2,1-6H3/t10-,11-,15+/m0/s1. The Kier molecular flexibility index (Phi) is 6.04. The van der Waals surface area contributed by atoms with Gasteiger partial charge in [0.1, 0.15) is 28.4 Å². The van der Waals surface area contributed by atoms with E-state index < -0.39 is 49.8 Å². The van der Waals surface area contributed by atoms with E-state index in [-0.39, 0.29) is 41.7 Å². The average molecular weight is 516 g/mol. The lowest BCUT2D eigenvalue weighted by Gasteiger charge is -2.48. The van der Waals surface area contributed by atoms with Crippen molar-refractivity contribution in [1.29, 1.82) is 0 Å². The minimum atomic E-state index is -3.88. The molecule has 0 unspecified atom stereocenters. The van der Waals surface area contributed by atoms with Gasteiger partial charge in [0.2, 0.25) is 20.9 Å². The molecule has 0 saturated carbocycles. The van der Waals surface area contributed by atoms with Gasteiger partial charge >= 0.3 is 6.09 Å². The van der Waals surface area contributed by atoms with Gasteiger partial charge in [-0.1, -0.05) is 18.5 Å². The van der Waals surface area contributed by atoms with Gasteiger partial charge in [-0.05, 0) is 34.1 Å². The first-order valence-corrected chi connectivity index (χ1v) is 13.2. The third kappa shape index (κ3) is 4.21. The van der Waals surface area contributed by atoms with Crippen LogP contribution in [0.2, 0.25) is 5.15 Å². The smallest absolute Gasteiger partial charge is 0.410 e. The predicted octanol–water partition coefficient (Wildman–Crippen LogP) is 3.21. The van der Waals surface area contributed by atoms with Crippen LogP contribution in [0.15, 0.2) is 5.16 Å². The molecule has 2 aliphatic heterocycles. The highest BCUT2D eigenvalue weighted by Gasteiger charge is 2.46. The molecule has 34 heavy (non-hydrogen) atoms. The first-order chi connectivity index (χ1) is 15.7. The number of hydrogen-bond donors (Lipinski definition) is 0. The van der Waals surface area contributed by atoms with Gasteiger partial charge in [-0.15, -0.1) is 0 Å². The highest BCUT2D eigenvalue weighted by Crippen LogP contribution is 2.42. The van der Waals surface area contributed by atoms with Crippen LogP contribution in [0.5, 0.6) is 5.88 Å². The molecule has 186 valence electrons. The van der Waals surface area contributed by atoms with Crippen molar-refractivity contribution in [3.05, 3.63) is 11.0 Å². The van der Waals surface area contributed by atoms with Crippen LogP contribution >= 0.6 is 11.6 Å². The van der Waals surface area contributed by atoms with E-state index in [0.717, 1.165) is 6.26 Å². The second-order valence-corrected chi connectivity index (χ2v) is 11.8. The van der Waals surface area contributed by atoms with Gasteiger partial charge in [0.25, 0.3) is 0 Å². The second-order valence-electron chi connectivity index (χ2n) is 9.50. The van der Waals surface area contributed by atoms with Crippen molar-refractivity contribution in [3.8, 4) is 5.88 Å². The Balaban J connectivity index is 1.90. The lowest BCUT2D eigenvalue weighted by atomic mass is 9.94. The number of nitrogens with zero attached hydrogens (tertiary/aromatic N) is 5. The normalized spacial score (nSPS) is 22.8. The number of anilines is 1. The molecule has 10 nitrogen and oxygen atoms in total. The lowest BCUT2D eigenvalue weighted by molar-refractivity contribution is 0.000925. The van der Waals surface area contributed by atoms with Crippen LogP contribution in [-0.2, 0) is 14.6 Å². The minimum Gasteiger partial charge on any atom is -0.472 e. The number of rotatable bonds is 2. The summed E-state index contributed by atoms with van der Waals surface area (Å²) >= 11 is 5.99. The fourth-order valence-electron chi connectivity index (χ4n) is 4.53. The summed E-state index contributed by atoms with van der Waals surface area (Å²) in [4.78, 5) is 28.8. The van der Waals surface area contributed by atoms with Crippen molar-refractivity contribution in [1.82, 2.24) is 19.9 Å². The molecule has 4 rings (SSSR count). The maximum Gasteiger partial charge on any atom is 0.410 e. The van der Waals surface area contributed by atoms with Crippen molar-refractivity contribution in [3.63, 3.8) is 0 Å². The molecule has 1 amide bonds. The number of carbonyl (C=O) groups is 1. The van der Waals surface area contributed by atoms with Crippen LogP contribution < -0.4 is 9.64 Å². The summed E-state index contributed by atoms with van der Waals surface area (Å²) < 4.78 is 51.4. The molecule has 0 aromatic carbocycles. The molecule has 13 heteroatoms. The van der Waals surface area contributed by atoms with E-state index in [2.05, 4.69) is 15.0 Å². The second kappa shape index (κ2) is 8.33. The number of fused-ring (bicyclic) bond motifs is 2. The molecular formula is C21H27ClFN5O5S. The lowest BCUT2D eigenvalue weighted by Crippen LogP contribution is -2.65. The van der Waals surface area contributed by atoms with Crippen LogP contribution in [0.25, 0.3) is 10.9 Å². The van der Waals surface area contributed by atoms with Crippen molar-refractivity contribution in [2.24, 2.45) is 0 Å². The molecule has 2 aromatic heterocycles. The minimum absolute atomic E-state index is 0.0111. The van der Waals surface area contributed by atoms with Crippen LogP contribution in [-0.4, -0.2) is 77.5 Å². The fraction of sp³-hybridized carbons (Fsp3) is 0.619. The number of sulfone groups is 1. The van der Waals surface area contributed by atoms with E-state index in [1.807, 2.05) is 11.8 Å². The van der Waals surface area contributed by atoms with Crippen molar-refractivity contribution in [2.75, 3.05) is 24.2 Å². The van der Waals surface area contributed by atoms with E-state index in [4.69, 9.17) is 21.1 Å². The average Bonchev–Trinajstić information content (AvgIpc) is 2.84. The highest BCUT2D eigenvalue weighted by atomic mass is 35.5. The van der Waals surface area contributed by atoms with Crippen LogP contribution in [0.3, 0.4) is 0 Å². The number of ether oxygens (including phenoxy) is 2. The molecule has 1 saturated heterocycles. The largest absolute Gasteiger partial charge is 0.472 e. The molecule has 0 radical (unpaired) electrons. The first-order valence-electron chi connectivity index (χ1n) is 10.9. The number of piperazine rings is 1. The Morgan fingerprint density at radius 3 is 2.53 bits per heavy atom. The van der Waals surface area contributed by atoms with Crippen molar-refractivity contribution >= 4 is 44.3 Å². The molecule has 0 spiro atoms. The molecule has 2 aromatic rings. The van der Waals surface area contributed by atoms with Crippen molar-refractivity contribution in [2.45, 2.75) is 70.0 Å². The fourth-order valence-corrected chi connectivity index (χ4v) is 5.20. The van der Waals surface area contributed by atoms with E-state index in [9.17, 15) is 17.6 Å². The van der Waals surface area contributed by atoms with E-state index in [0.29, 0.717) is 6.42 Å². The molecule has 4 heterocycles. The third-order valence-electron chi connectivity index (χ3n) is 5.84. The van der Waals surface area contributed by atoms with Gasteiger partial charge in [-0.3, -0.25) is 0 Å². The molecular weight excluding hydrogens is 489 g/mol. The molecule has 3 atom stereocenters. The maximum atomic E-state index is 15.0. The zero-order valence-corrected chi connectivity index (χ0v) is 21.4. The van der Waals surface area contributed by atoms with E-state index >= 15 is 0 Å². The molecule has 0 bridgehead atoms. The maximum absolute atomic E-state index is 15.0. The van der Waals surface area contributed by atoms with Gasteiger partial charge in [-0.2, -0.15) is 4.98 Å². The third-order valence-corrected chi connectivity index (χ3v) is 6.93. The van der Waals surface area contributed by atoms with Gasteiger partial charge in [0, 0.05) is 19.3 Å². The number of amides is 1. The van der Waals surface area contributed by atoms with E-state index in [1.165, 1.54) is 0 Å². The summed E-state index contributed by atoms with van der Waals surface area (Å²) in [5, 5.41) is -0.872. The topological polar surface area (TPSA) is 115 Å². The Hall–Kier alpha value is -2.47. The Morgan fingerprint density at radius 1 is 1.26 bits per heavy atom. The Labute approximate surface area is 202 Å². The number of halogens is 2. The van der Waals surface area contributed by atoms with Crippen LogP contribution in [0, 0.1) is 5.82 Å². The molecule has 0 N–H and O–H groups in total. The van der Waals surface area contributed by atoms with Crippen LogP contribution in [0.4, 0.5) is 15.0 Å². The summed E-state index contributed by atoms with van der Waals surface area (Å²) in [7, 11) is -3.88. The summed E-state index contributed by atoms with van der Waals surface area (Å²) in [6.07, 6.45) is 0.513. The quantitative estimate of drug-likeness (QED) is 0.439. The zero-order valence-electron chi connectivity index (χ0n) is 19.8. The van der Waals surface area contributed by atoms with Crippen LogP contribution in [0.1, 0.15) is 41.0 Å². The van der Waals surface area contributed by atoms with E-state index in [1.54, 1.807) is 32.6 Å². The Morgan fingerprint density at radius 2 is 1.94 bits per heavy atom. The van der Waals surface area contributed by atoms with Gasteiger partial charge in [0.05, 0.1) is 12.1 Å². The predicted molar refractivity (Wildman–Crippen MR) is 124 cm³/mol. The number of aromatic nitrogens is 3. The summed E-state index contributed by atoms with van der Waals surface area (Å²) in [6.45, 7) is 9.70. The molecule has 2 aliphatic rings. The van der Waals surface area contributed by atoms with Crippen molar-refractivity contribution < 1.29 is 27.1 Å². The number of hydrogen-bond acceptors (Lipinski definition) is 9. The first kappa shape index (κ1) is 24.6. The SMILES string of the molecule is CC[C@H]1[C@H]2[C@H](C)Oc3nc(Cl)c(F)c4nc(S(C)(=O)=O)nc(c34)N2CCN1C(=O)OC(C)(C)C. The summed E-state index contributed by atoms with van der Waals surface area (Å²) in [6, 6.07) is -0.812. The monoisotopic (exact) mass is 515 g/mol. The number of carbonyl (C=O) groups excluding carboxylic acids is 1. The van der Waals surface area contributed by atoms with Gasteiger partial charge < -0.3 is 19.3 Å². The number of pyridine rings is 1. The molecule has 0 aliphatic carbocycles. The Bertz CT molecular complexity index is 1270. The van der Waals surface area contributed by atoms with Gasteiger partial charge in [-0.25, -0.2) is 27.6 Å². The highest BCUT2D eigenvalue weighted by molar-refractivity contribution is 7.90.